The molecule has 1 rings (SSSR count). The van der Waals surface area contributed by atoms with Gasteiger partial charge in [-0.1, -0.05) is 12.1 Å². The standard InChI is InChI=1S/C10H10F3NO/c1-14(7-15)6-8-2-4-9(5-3-8)10(11,12)13/h2-5,7H,6H2,1H3. The molecule has 0 heterocycles. The first-order valence-electron chi connectivity index (χ1n) is 4.25. The summed E-state index contributed by atoms with van der Waals surface area (Å²) in [4.78, 5) is 11.6. The number of alkyl halides is 3. The summed E-state index contributed by atoms with van der Waals surface area (Å²) in [6.45, 7) is 0.307. The molecule has 0 spiro atoms. The highest BCUT2D eigenvalue weighted by Gasteiger charge is 2.29. The number of hydrogen-bond donors (Lipinski definition) is 0. The maximum Gasteiger partial charge on any atom is 0.416 e. The first-order valence-corrected chi connectivity index (χ1v) is 4.25. The molecule has 0 saturated carbocycles. The van der Waals surface area contributed by atoms with Crippen molar-refractivity contribution in [3.05, 3.63) is 35.4 Å². The fourth-order valence-electron chi connectivity index (χ4n) is 1.12. The first-order chi connectivity index (χ1) is 6.93. The summed E-state index contributed by atoms with van der Waals surface area (Å²) in [6, 6.07) is 4.74. The number of hydrogen-bond acceptors (Lipinski definition) is 1. The van der Waals surface area contributed by atoms with Crippen LogP contribution in [-0.4, -0.2) is 18.4 Å². The molecule has 0 saturated heterocycles. The van der Waals surface area contributed by atoms with Gasteiger partial charge in [0.1, 0.15) is 0 Å². The summed E-state index contributed by atoms with van der Waals surface area (Å²) >= 11 is 0. The second-order valence-electron chi connectivity index (χ2n) is 3.22. The third-order valence-electron chi connectivity index (χ3n) is 1.89. The molecule has 1 aromatic carbocycles. The number of carbonyl (C=O) groups excluding carboxylic acids is 1. The van der Waals surface area contributed by atoms with Crippen LogP contribution >= 0.6 is 0 Å². The van der Waals surface area contributed by atoms with E-state index in [-0.39, 0.29) is 0 Å². The highest BCUT2D eigenvalue weighted by Crippen LogP contribution is 2.29. The molecule has 0 aliphatic heterocycles. The smallest absolute Gasteiger partial charge is 0.344 e. The lowest BCUT2D eigenvalue weighted by Crippen LogP contribution is -2.15. The zero-order valence-electron chi connectivity index (χ0n) is 8.08. The predicted octanol–water partition coefficient (Wildman–Crippen LogP) is 2.29. The van der Waals surface area contributed by atoms with Gasteiger partial charge in [-0.2, -0.15) is 13.2 Å². The molecule has 0 aliphatic rings. The summed E-state index contributed by atoms with van der Waals surface area (Å²) in [5.41, 5.74) is -0.0161. The molecule has 2 nitrogen and oxygen atoms in total. The van der Waals surface area contributed by atoms with Crippen LogP contribution in [0.3, 0.4) is 0 Å². The summed E-state index contributed by atoms with van der Waals surface area (Å²) in [5.74, 6) is 0. The largest absolute Gasteiger partial charge is 0.416 e. The molecule has 5 heteroatoms. The van der Waals surface area contributed by atoms with E-state index in [1.165, 1.54) is 17.0 Å². The molecule has 0 fully saturated rings. The SMILES string of the molecule is CN(C=O)Cc1ccc(C(F)(F)F)cc1. The molecule has 0 bridgehead atoms. The summed E-state index contributed by atoms with van der Waals surface area (Å²) in [5, 5.41) is 0. The van der Waals surface area contributed by atoms with Crippen LogP contribution in [0, 0.1) is 0 Å². The second-order valence-corrected chi connectivity index (χ2v) is 3.22. The quantitative estimate of drug-likeness (QED) is 0.711. The van der Waals surface area contributed by atoms with Crippen molar-refractivity contribution in [2.45, 2.75) is 12.7 Å². The lowest BCUT2D eigenvalue weighted by Gasteiger charge is -2.11. The Morgan fingerprint density at radius 2 is 1.80 bits per heavy atom. The number of rotatable bonds is 3. The fourth-order valence-corrected chi connectivity index (χ4v) is 1.12. The Morgan fingerprint density at radius 1 is 1.27 bits per heavy atom. The van der Waals surface area contributed by atoms with E-state index in [0.29, 0.717) is 18.5 Å². The Hall–Kier alpha value is -1.52. The van der Waals surface area contributed by atoms with E-state index >= 15 is 0 Å². The van der Waals surface area contributed by atoms with Crippen LogP contribution in [-0.2, 0) is 17.5 Å². The van der Waals surface area contributed by atoms with Crippen molar-refractivity contribution in [1.82, 2.24) is 4.90 Å². The molecule has 1 amide bonds. The minimum Gasteiger partial charge on any atom is -0.344 e. The highest BCUT2D eigenvalue weighted by atomic mass is 19.4. The monoisotopic (exact) mass is 217 g/mol. The molecule has 0 aromatic heterocycles. The molecular formula is C10H10F3NO. The molecular weight excluding hydrogens is 207 g/mol. The van der Waals surface area contributed by atoms with E-state index < -0.39 is 11.7 Å². The average Bonchev–Trinajstić information content (AvgIpc) is 2.17. The summed E-state index contributed by atoms with van der Waals surface area (Å²) < 4.78 is 36.5. The maximum absolute atomic E-state index is 12.2. The minimum absolute atomic E-state index is 0.307. The van der Waals surface area contributed by atoms with Crippen LogP contribution in [0.15, 0.2) is 24.3 Å². The van der Waals surface area contributed by atoms with Crippen molar-refractivity contribution in [2.75, 3.05) is 7.05 Å². The molecule has 0 atom stereocenters. The lowest BCUT2D eigenvalue weighted by molar-refractivity contribution is -0.137. The van der Waals surface area contributed by atoms with Gasteiger partial charge in [0, 0.05) is 13.6 Å². The van der Waals surface area contributed by atoms with Crippen molar-refractivity contribution in [2.24, 2.45) is 0 Å². The van der Waals surface area contributed by atoms with Crippen molar-refractivity contribution in [3.8, 4) is 0 Å². The lowest BCUT2D eigenvalue weighted by atomic mass is 10.1. The van der Waals surface area contributed by atoms with Gasteiger partial charge in [-0.05, 0) is 17.7 Å². The van der Waals surface area contributed by atoms with Crippen LogP contribution in [0.4, 0.5) is 13.2 Å². The molecule has 82 valence electrons. The zero-order valence-corrected chi connectivity index (χ0v) is 8.08. The first kappa shape index (κ1) is 11.6. The number of halogens is 3. The fraction of sp³-hybridized carbons (Fsp3) is 0.300. The predicted molar refractivity (Wildman–Crippen MR) is 49.0 cm³/mol. The number of benzene rings is 1. The number of nitrogens with zero attached hydrogens (tertiary/aromatic N) is 1. The summed E-state index contributed by atoms with van der Waals surface area (Å²) in [7, 11) is 1.56. The molecule has 15 heavy (non-hydrogen) atoms. The van der Waals surface area contributed by atoms with Crippen LogP contribution < -0.4 is 0 Å². The molecule has 1 aromatic rings. The Bertz CT molecular complexity index is 332. The van der Waals surface area contributed by atoms with E-state index in [9.17, 15) is 18.0 Å². The van der Waals surface area contributed by atoms with Gasteiger partial charge in [-0.25, -0.2) is 0 Å². The third-order valence-corrected chi connectivity index (χ3v) is 1.89. The zero-order chi connectivity index (χ0) is 11.5. The van der Waals surface area contributed by atoms with Crippen LogP contribution in [0.2, 0.25) is 0 Å². The average molecular weight is 217 g/mol. The van der Waals surface area contributed by atoms with Crippen LogP contribution in [0.25, 0.3) is 0 Å². The van der Waals surface area contributed by atoms with Crippen molar-refractivity contribution in [1.29, 1.82) is 0 Å². The molecule has 0 N–H and O–H groups in total. The van der Waals surface area contributed by atoms with Gasteiger partial charge in [0.05, 0.1) is 5.56 Å². The summed E-state index contributed by atoms with van der Waals surface area (Å²) in [6.07, 6.45) is -3.69. The van der Waals surface area contributed by atoms with Gasteiger partial charge in [0.25, 0.3) is 0 Å². The topological polar surface area (TPSA) is 20.3 Å². The van der Waals surface area contributed by atoms with E-state index in [4.69, 9.17) is 0 Å². The molecule has 0 aliphatic carbocycles. The Labute approximate surface area is 85.3 Å². The van der Waals surface area contributed by atoms with Crippen LogP contribution in [0.1, 0.15) is 11.1 Å². The van der Waals surface area contributed by atoms with Crippen molar-refractivity contribution in [3.63, 3.8) is 0 Å². The van der Waals surface area contributed by atoms with Crippen molar-refractivity contribution < 1.29 is 18.0 Å². The Morgan fingerprint density at radius 3 is 2.20 bits per heavy atom. The van der Waals surface area contributed by atoms with Crippen molar-refractivity contribution >= 4 is 6.41 Å². The number of carbonyl (C=O) groups is 1. The van der Waals surface area contributed by atoms with E-state index in [0.717, 1.165) is 12.1 Å². The molecule has 0 radical (unpaired) electrons. The number of amides is 1. The normalized spacial score (nSPS) is 11.2. The van der Waals surface area contributed by atoms with E-state index in [1.807, 2.05) is 0 Å². The van der Waals surface area contributed by atoms with Gasteiger partial charge in [-0.15, -0.1) is 0 Å². The molecule has 0 unspecified atom stereocenters. The maximum atomic E-state index is 12.2. The highest BCUT2D eigenvalue weighted by molar-refractivity contribution is 5.46. The van der Waals surface area contributed by atoms with Gasteiger partial charge in [0.15, 0.2) is 0 Å². The second kappa shape index (κ2) is 4.33. The van der Waals surface area contributed by atoms with Crippen LogP contribution in [0.5, 0.6) is 0 Å². The van der Waals surface area contributed by atoms with Gasteiger partial charge in [-0.3, -0.25) is 4.79 Å². The van der Waals surface area contributed by atoms with E-state index in [1.54, 1.807) is 7.05 Å². The Kier molecular flexibility index (Phi) is 3.34. The van der Waals surface area contributed by atoms with E-state index in [2.05, 4.69) is 0 Å². The third kappa shape index (κ3) is 3.27. The van der Waals surface area contributed by atoms with Gasteiger partial charge in [0.2, 0.25) is 6.41 Å². The van der Waals surface area contributed by atoms with Gasteiger partial charge < -0.3 is 4.90 Å². The minimum atomic E-state index is -4.31. The van der Waals surface area contributed by atoms with Gasteiger partial charge >= 0.3 is 6.18 Å². The Balaban J connectivity index is 2.77.